The molecule has 5 heteroatoms. The Balaban J connectivity index is 1.80. The molecule has 2 aromatic carbocycles. The predicted molar refractivity (Wildman–Crippen MR) is 101 cm³/mol. The summed E-state index contributed by atoms with van der Waals surface area (Å²) in [6, 6.07) is 18.0. The highest BCUT2D eigenvalue weighted by Crippen LogP contribution is 2.26. The Labute approximate surface area is 151 Å². The number of hydrogen-bond acceptors (Lipinski definition) is 5. The number of aryl methyl sites for hydroxylation is 2. The molecule has 2 aromatic heterocycles. The minimum Gasteiger partial charge on any atom is -0.245 e. The van der Waals surface area contributed by atoms with Crippen LogP contribution in [0.5, 0.6) is 0 Å². The number of rotatable bonds is 3. The molecular formula is C21H17N5. The van der Waals surface area contributed by atoms with Crippen LogP contribution < -0.4 is 0 Å². The van der Waals surface area contributed by atoms with E-state index < -0.39 is 0 Å². The first kappa shape index (κ1) is 16.0. The quantitative estimate of drug-likeness (QED) is 0.557. The molecule has 0 atom stereocenters. The maximum Gasteiger partial charge on any atom is 0.163 e. The second-order valence-electron chi connectivity index (χ2n) is 6.03. The lowest BCUT2D eigenvalue weighted by atomic mass is 10.0. The summed E-state index contributed by atoms with van der Waals surface area (Å²) >= 11 is 0. The van der Waals surface area contributed by atoms with Crippen LogP contribution in [0.15, 0.2) is 67.1 Å². The summed E-state index contributed by atoms with van der Waals surface area (Å²) in [7, 11) is 0. The summed E-state index contributed by atoms with van der Waals surface area (Å²) in [5, 5.41) is 0. The Hall–Kier alpha value is -3.47. The Kier molecular flexibility index (Phi) is 4.19. The fourth-order valence-electron chi connectivity index (χ4n) is 2.83. The topological polar surface area (TPSA) is 64.5 Å². The van der Waals surface area contributed by atoms with E-state index in [0.29, 0.717) is 17.5 Å². The van der Waals surface area contributed by atoms with E-state index in [1.54, 1.807) is 6.33 Å². The van der Waals surface area contributed by atoms with Gasteiger partial charge in [0.1, 0.15) is 12.2 Å². The van der Waals surface area contributed by atoms with Crippen LogP contribution in [0.25, 0.3) is 34.0 Å². The average Bonchev–Trinajstić information content (AvgIpc) is 2.69. The van der Waals surface area contributed by atoms with Crippen molar-refractivity contribution in [3.63, 3.8) is 0 Å². The smallest absolute Gasteiger partial charge is 0.163 e. The van der Waals surface area contributed by atoms with E-state index in [9.17, 15) is 0 Å². The molecule has 0 fully saturated rings. The van der Waals surface area contributed by atoms with Crippen LogP contribution in [-0.2, 0) is 0 Å². The molecule has 0 spiro atoms. The summed E-state index contributed by atoms with van der Waals surface area (Å²) in [5.74, 6) is 2.03. The standard InChI is InChI=1S/C21H17N5/c1-14-12-22-13-23-19(14)17-9-6-10-18(11-17)21-25-15(2)24-20(26-21)16-7-4-3-5-8-16/h3-13H,1-2H3. The number of nitrogens with zero attached hydrogens (tertiary/aromatic N) is 5. The Morgan fingerprint density at radius 2 is 1.38 bits per heavy atom. The molecule has 0 saturated carbocycles. The number of hydrogen-bond donors (Lipinski definition) is 0. The van der Waals surface area contributed by atoms with E-state index in [2.05, 4.69) is 31.0 Å². The fraction of sp³-hybridized carbons (Fsp3) is 0.0952. The van der Waals surface area contributed by atoms with Crippen LogP contribution in [0.1, 0.15) is 11.4 Å². The summed E-state index contributed by atoms with van der Waals surface area (Å²) < 4.78 is 0. The molecule has 2 heterocycles. The monoisotopic (exact) mass is 339 g/mol. The van der Waals surface area contributed by atoms with Gasteiger partial charge in [-0.3, -0.25) is 0 Å². The van der Waals surface area contributed by atoms with Gasteiger partial charge in [0, 0.05) is 22.9 Å². The average molecular weight is 339 g/mol. The lowest BCUT2D eigenvalue weighted by molar-refractivity contribution is 0.992. The van der Waals surface area contributed by atoms with Gasteiger partial charge in [-0.15, -0.1) is 0 Å². The van der Waals surface area contributed by atoms with Crippen LogP contribution >= 0.6 is 0 Å². The van der Waals surface area contributed by atoms with Crippen molar-refractivity contribution < 1.29 is 0 Å². The third kappa shape index (κ3) is 3.19. The number of aromatic nitrogens is 5. The van der Waals surface area contributed by atoms with Gasteiger partial charge in [0.25, 0.3) is 0 Å². The van der Waals surface area contributed by atoms with Gasteiger partial charge in [-0.25, -0.2) is 24.9 Å². The molecule has 0 aliphatic carbocycles. The zero-order chi connectivity index (χ0) is 17.9. The van der Waals surface area contributed by atoms with Crippen LogP contribution in [-0.4, -0.2) is 24.9 Å². The molecule has 0 bridgehead atoms. The van der Waals surface area contributed by atoms with Gasteiger partial charge in [0.15, 0.2) is 11.6 Å². The van der Waals surface area contributed by atoms with Gasteiger partial charge >= 0.3 is 0 Å². The van der Waals surface area contributed by atoms with E-state index in [1.165, 1.54) is 0 Å². The summed E-state index contributed by atoms with van der Waals surface area (Å²) in [4.78, 5) is 22.2. The molecule has 0 unspecified atom stereocenters. The fourth-order valence-corrected chi connectivity index (χ4v) is 2.83. The van der Waals surface area contributed by atoms with Crippen molar-refractivity contribution in [2.75, 3.05) is 0 Å². The first-order chi connectivity index (χ1) is 12.7. The molecule has 0 aliphatic rings. The van der Waals surface area contributed by atoms with Crippen molar-refractivity contribution in [3.8, 4) is 34.0 Å². The van der Waals surface area contributed by atoms with Crippen molar-refractivity contribution in [1.29, 1.82) is 0 Å². The molecule has 126 valence electrons. The lowest BCUT2D eigenvalue weighted by Gasteiger charge is -2.08. The molecule has 0 saturated heterocycles. The molecule has 0 radical (unpaired) electrons. The van der Waals surface area contributed by atoms with Crippen molar-refractivity contribution >= 4 is 0 Å². The minimum absolute atomic E-state index is 0.657. The van der Waals surface area contributed by atoms with E-state index >= 15 is 0 Å². The zero-order valence-electron chi connectivity index (χ0n) is 14.6. The van der Waals surface area contributed by atoms with Gasteiger partial charge in [0.05, 0.1) is 5.69 Å². The third-order valence-corrected chi connectivity index (χ3v) is 4.07. The Morgan fingerprint density at radius 1 is 0.692 bits per heavy atom. The molecule has 0 aliphatic heterocycles. The molecule has 4 rings (SSSR count). The van der Waals surface area contributed by atoms with Crippen LogP contribution in [0.3, 0.4) is 0 Å². The molecule has 26 heavy (non-hydrogen) atoms. The first-order valence-electron chi connectivity index (χ1n) is 8.36. The Morgan fingerprint density at radius 3 is 2.15 bits per heavy atom. The maximum atomic E-state index is 4.68. The van der Waals surface area contributed by atoms with Crippen molar-refractivity contribution in [1.82, 2.24) is 24.9 Å². The normalized spacial score (nSPS) is 10.7. The van der Waals surface area contributed by atoms with Gasteiger partial charge in [-0.05, 0) is 25.5 Å². The van der Waals surface area contributed by atoms with E-state index in [4.69, 9.17) is 0 Å². The van der Waals surface area contributed by atoms with E-state index in [-0.39, 0.29) is 0 Å². The lowest BCUT2D eigenvalue weighted by Crippen LogP contribution is -1.99. The van der Waals surface area contributed by atoms with Gasteiger partial charge in [-0.1, -0.05) is 48.5 Å². The van der Waals surface area contributed by atoms with Crippen molar-refractivity contribution in [2.24, 2.45) is 0 Å². The van der Waals surface area contributed by atoms with E-state index in [1.807, 2.05) is 68.6 Å². The molecule has 0 amide bonds. The van der Waals surface area contributed by atoms with Crippen molar-refractivity contribution in [3.05, 3.63) is 78.5 Å². The highest BCUT2D eigenvalue weighted by atomic mass is 15.0. The Bertz CT molecular complexity index is 1060. The molecule has 4 aromatic rings. The largest absolute Gasteiger partial charge is 0.245 e. The van der Waals surface area contributed by atoms with Crippen LogP contribution in [0.2, 0.25) is 0 Å². The second-order valence-corrected chi connectivity index (χ2v) is 6.03. The summed E-state index contributed by atoms with van der Waals surface area (Å²) in [6.07, 6.45) is 3.38. The predicted octanol–water partition coefficient (Wildman–Crippen LogP) is 4.28. The summed E-state index contributed by atoms with van der Waals surface area (Å²) in [6.45, 7) is 3.89. The summed E-state index contributed by atoms with van der Waals surface area (Å²) in [5.41, 5.74) is 4.87. The number of benzene rings is 2. The van der Waals surface area contributed by atoms with Gasteiger partial charge in [0.2, 0.25) is 0 Å². The van der Waals surface area contributed by atoms with Crippen molar-refractivity contribution in [2.45, 2.75) is 13.8 Å². The van der Waals surface area contributed by atoms with Gasteiger partial charge < -0.3 is 0 Å². The SMILES string of the molecule is Cc1nc(-c2ccccc2)nc(-c2cccc(-c3ncncc3C)c2)n1. The third-order valence-electron chi connectivity index (χ3n) is 4.07. The highest BCUT2D eigenvalue weighted by molar-refractivity contribution is 5.70. The molecule has 5 nitrogen and oxygen atoms in total. The van der Waals surface area contributed by atoms with Gasteiger partial charge in [-0.2, -0.15) is 0 Å². The maximum absolute atomic E-state index is 4.68. The van der Waals surface area contributed by atoms with Crippen LogP contribution in [0, 0.1) is 13.8 Å². The second kappa shape index (κ2) is 6.80. The minimum atomic E-state index is 0.657. The van der Waals surface area contributed by atoms with E-state index in [0.717, 1.165) is 27.9 Å². The molecular weight excluding hydrogens is 322 g/mol. The van der Waals surface area contributed by atoms with Crippen LogP contribution in [0.4, 0.5) is 0 Å². The molecule has 0 N–H and O–H groups in total. The zero-order valence-corrected chi connectivity index (χ0v) is 14.6. The first-order valence-corrected chi connectivity index (χ1v) is 8.36. The highest BCUT2D eigenvalue weighted by Gasteiger charge is 2.10.